The minimum absolute atomic E-state index is 0.00418. The predicted molar refractivity (Wildman–Crippen MR) is 180 cm³/mol. The van der Waals surface area contributed by atoms with Gasteiger partial charge in [-0.3, -0.25) is 9.59 Å². The molecule has 3 aliphatic heterocycles. The molecule has 0 spiro atoms. The Morgan fingerprint density at radius 1 is 0.957 bits per heavy atom. The van der Waals surface area contributed by atoms with Crippen molar-refractivity contribution in [3.63, 3.8) is 0 Å². The second-order valence-corrected chi connectivity index (χ2v) is 17.1. The molecule has 0 bridgehead atoms. The molecule has 4 heterocycles. The summed E-state index contributed by atoms with van der Waals surface area (Å²) in [6.07, 6.45) is 9.93. The molecule has 6 aliphatic rings. The van der Waals surface area contributed by atoms with Crippen molar-refractivity contribution in [3.8, 4) is 17.0 Å². The molecule has 3 saturated carbocycles. The van der Waals surface area contributed by atoms with E-state index in [2.05, 4.69) is 38.3 Å². The van der Waals surface area contributed by atoms with Crippen LogP contribution in [0.4, 0.5) is 0 Å². The Morgan fingerprint density at radius 2 is 1.77 bits per heavy atom. The van der Waals surface area contributed by atoms with Crippen LogP contribution in [-0.4, -0.2) is 79.7 Å². The van der Waals surface area contributed by atoms with Gasteiger partial charge in [0.15, 0.2) is 0 Å². The highest BCUT2D eigenvalue weighted by atomic mass is 32.2. The van der Waals surface area contributed by atoms with E-state index in [1.165, 1.54) is 36.8 Å². The Balaban J connectivity index is 1.24. The first-order valence-corrected chi connectivity index (χ1v) is 19.2. The van der Waals surface area contributed by atoms with Gasteiger partial charge in [0.2, 0.25) is 15.9 Å². The summed E-state index contributed by atoms with van der Waals surface area (Å²) >= 11 is 0. The van der Waals surface area contributed by atoms with Crippen molar-refractivity contribution in [1.82, 2.24) is 19.1 Å². The zero-order chi connectivity index (χ0) is 32.2. The molecule has 1 aromatic heterocycles. The number of amides is 2. The van der Waals surface area contributed by atoms with Crippen molar-refractivity contribution in [1.29, 1.82) is 0 Å². The van der Waals surface area contributed by atoms with E-state index in [-0.39, 0.29) is 11.8 Å². The van der Waals surface area contributed by atoms with Crippen LogP contribution in [0.3, 0.4) is 0 Å². The summed E-state index contributed by atoms with van der Waals surface area (Å²) in [5, 5.41) is 0.587. The topological polar surface area (TPSA) is 101 Å². The molecular formula is C37H44N4O5S. The molecule has 9 nitrogen and oxygen atoms in total. The molecule has 2 aromatic carbocycles. The van der Waals surface area contributed by atoms with Gasteiger partial charge in [-0.25, -0.2) is 13.1 Å². The molecule has 3 aliphatic carbocycles. The van der Waals surface area contributed by atoms with E-state index in [1.807, 2.05) is 18.2 Å². The zero-order valence-corrected chi connectivity index (χ0v) is 28.2. The number of likely N-dealkylation sites (N-methyl/N-ethyl adjacent to an activating group) is 1. The van der Waals surface area contributed by atoms with Gasteiger partial charge in [0.1, 0.15) is 11.3 Å². The number of sulfonamides is 1. The molecule has 5 fully saturated rings. The Kier molecular flexibility index (Phi) is 6.69. The maximum absolute atomic E-state index is 15.2. The van der Waals surface area contributed by atoms with Gasteiger partial charge in [-0.05, 0) is 112 Å². The van der Waals surface area contributed by atoms with E-state index in [1.54, 1.807) is 13.2 Å². The van der Waals surface area contributed by atoms with Crippen molar-refractivity contribution in [3.05, 3.63) is 53.1 Å². The molecule has 248 valence electrons. The van der Waals surface area contributed by atoms with Crippen molar-refractivity contribution < 1.29 is 22.7 Å². The quantitative estimate of drug-likeness (QED) is 0.385. The molecule has 10 heteroatoms. The van der Waals surface area contributed by atoms with Gasteiger partial charge in [0.05, 0.1) is 23.6 Å². The Labute approximate surface area is 276 Å². The standard InChI is InChI=1S/C37H44N4O5S/c1-39-16-6-9-24-20-40(21-32(24)39)36(43)37-19-30(37)29-18-25(46-2)11-15-27(29)34-33(22-7-4-3-5-8-22)28-14-10-23(17-31(28)41(34)37)35(42)38-47(44,45)26-12-13-26/h10-11,14-15,17-18,22,24,26,30,32H,3-9,12-13,16,19-21H2,1-2H3,(H,38,42). The van der Waals surface area contributed by atoms with Crippen LogP contribution in [0.15, 0.2) is 36.4 Å². The van der Waals surface area contributed by atoms with Crippen LogP contribution in [0, 0.1) is 5.92 Å². The number of benzene rings is 2. The number of ether oxygens (including phenoxy) is 1. The SMILES string of the molecule is COc1ccc2c(c1)C1CC1(C(=O)N1CC3CCCN(C)C3C1)n1c-2c(C2CCCCC2)c2ccc(C(=O)NS(=O)(=O)C3CC3)cc21. The minimum Gasteiger partial charge on any atom is -0.497 e. The number of carbonyl (C=O) groups excluding carboxylic acids is 2. The lowest BCUT2D eigenvalue weighted by Crippen LogP contribution is -2.45. The van der Waals surface area contributed by atoms with E-state index < -0.39 is 26.7 Å². The summed E-state index contributed by atoms with van der Waals surface area (Å²) in [5.41, 5.74) is 5.08. The predicted octanol–water partition coefficient (Wildman–Crippen LogP) is 5.34. The summed E-state index contributed by atoms with van der Waals surface area (Å²) in [5.74, 6) is 1.20. The molecular weight excluding hydrogens is 612 g/mol. The van der Waals surface area contributed by atoms with Gasteiger partial charge in [-0.1, -0.05) is 25.3 Å². The fraction of sp³-hybridized carbons (Fsp3) is 0.568. The number of hydrogen-bond donors (Lipinski definition) is 1. The monoisotopic (exact) mass is 656 g/mol. The van der Waals surface area contributed by atoms with Gasteiger partial charge in [0.25, 0.3) is 5.91 Å². The van der Waals surface area contributed by atoms with Gasteiger partial charge in [-0.15, -0.1) is 0 Å². The maximum atomic E-state index is 15.2. The fourth-order valence-corrected chi connectivity index (χ4v) is 11.1. The van der Waals surface area contributed by atoms with Crippen LogP contribution in [0.1, 0.15) is 97.5 Å². The molecule has 47 heavy (non-hydrogen) atoms. The van der Waals surface area contributed by atoms with Crippen LogP contribution >= 0.6 is 0 Å². The Morgan fingerprint density at radius 3 is 2.51 bits per heavy atom. The van der Waals surface area contributed by atoms with Crippen molar-refractivity contribution in [2.24, 2.45) is 5.92 Å². The van der Waals surface area contributed by atoms with Crippen molar-refractivity contribution in [2.45, 2.75) is 92.9 Å². The van der Waals surface area contributed by atoms with Gasteiger partial charge < -0.3 is 19.1 Å². The molecule has 4 unspecified atom stereocenters. The molecule has 2 amide bonds. The average Bonchev–Trinajstić information content (AvgIpc) is 4.00. The first kappa shape index (κ1) is 29.7. The summed E-state index contributed by atoms with van der Waals surface area (Å²) in [6.45, 7) is 2.60. The third-order valence-electron chi connectivity index (χ3n) is 12.4. The number of likely N-dealkylation sites (tertiary alicyclic amines) is 2. The van der Waals surface area contributed by atoms with Crippen molar-refractivity contribution >= 4 is 32.7 Å². The zero-order valence-electron chi connectivity index (χ0n) is 27.3. The summed E-state index contributed by atoms with van der Waals surface area (Å²) in [7, 11) is 0.183. The highest BCUT2D eigenvalue weighted by Gasteiger charge is 2.68. The second kappa shape index (κ2) is 10.6. The molecule has 4 atom stereocenters. The van der Waals surface area contributed by atoms with Crippen LogP contribution in [0.5, 0.6) is 5.75 Å². The van der Waals surface area contributed by atoms with Crippen molar-refractivity contribution in [2.75, 3.05) is 33.8 Å². The summed E-state index contributed by atoms with van der Waals surface area (Å²) in [4.78, 5) is 33.2. The van der Waals surface area contributed by atoms with Gasteiger partial charge >= 0.3 is 0 Å². The largest absolute Gasteiger partial charge is 0.497 e. The number of aromatic nitrogens is 1. The Bertz CT molecular complexity index is 1930. The molecule has 3 aromatic rings. The van der Waals surface area contributed by atoms with E-state index >= 15 is 4.79 Å². The third-order valence-corrected chi connectivity index (χ3v) is 14.2. The number of methoxy groups -OCH3 is 1. The number of nitrogens with zero attached hydrogens (tertiary/aromatic N) is 3. The van der Waals surface area contributed by atoms with Crippen LogP contribution < -0.4 is 9.46 Å². The van der Waals surface area contributed by atoms with E-state index in [9.17, 15) is 13.2 Å². The maximum Gasteiger partial charge on any atom is 0.264 e. The minimum atomic E-state index is -3.70. The summed E-state index contributed by atoms with van der Waals surface area (Å²) < 4.78 is 35.9. The molecule has 9 rings (SSSR count). The number of nitrogens with one attached hydrogen (secondary N) is 1. The van der Waals surface area contributed by atoms with Gasteiger partial charge in [0, 0.05) is 41.6 Å². The molecule has 1 N–H and O–H groups in total. The number of rotatable bonds is 6. The lowest BCUT2D eigenvalue weighted by molar-refractivity contribution is -0.135. The lowest BCUT2D eigenvalue weighted by Gasteiger charge is -2.34. The number of carbonyl (C=O) groups is 2. The fourth-order valence-electron chi connectivity index (χ4n) is 9.80. The first-order valence-electron chi connectivity index (χ1n) is 17.6. The number of piperidine rings is 1. The first-order chi connectivity index (χ1) is 22.7. The average molecular weight is 657 g/mol. The van der Waals surface area contributed by atoms with Crippen LogP contribution in [-0.2, 0) is 20.4 Å². The van der Waals surface area contributed by atoms with E-state index in [4.69, 9.17) is 4.74 Å². The lowest BCUT2D eigenvalue weighted by atomic mass is 9.80. The number of hydrogen-bond acceptors (Lipinski definition) is 6. The third kappa shape index (κ3) is 4.46. The number of fused-ring (bicyclic) bond motifs is 9. The van der Waals surface area contributed by atoms with E-state index in [0.717, 1.165) is 66.8 Å². The highest BCUT2D eigenvalue weighted by molar-refractivity contribution is 7.91. The smallest absolute Gasteiger partial charge is 0.264 e. The Hall–Kier alpha value is -3.37. The summed E-state index contributed by atoms with van der Waals surface area (Å²) in [6, 6.07) is 12.4. The van der Waals surface area contributed by atoms with Crippen LogP contribution in [0.2, 0.25) is 0 Å². The van der Waals surface area contributed by atoms with Crippen LogP contribution in [0.25, 0.3) is 22.2 Å². The normalized spacial score (nSPS) is 28.7. The molecule has 2 saturated heterocycles. The van der Waals surface area contributed by atoms with E-state index in [0.29, 0.717) is 42.7 Å². The highest BCUT2D eigenvalue weighted by Crippen LogP contribution is 2.67. The van der Waals surface area contributed by atoms with Gasteiger partial charge in [-0.2, -0.15) is 0 Å². The second-order valence-electron chi connectivity index (χ2n) is 15.1. The molecule has 0 radical (unpaired) electrons.